The zero-order valence-corrected chi connectivity index (χ0v) is 9.42. The van der Waals surface area contributed by atoms with Gasteiger partial charge >= 0.3 is 0 Å². The van der Waals surface area contributed by atoms with E-state index in [-0.39, 0.29) is 0 Å². The van der Waals surface area contributed by atoms with Gasteiger partial charge < -0.3 is 5.43 Å². The number of rotatable bonds is 3. The molecule has 0 saturated heterocycles. The smallest absolute Gasteiger partial charge is 0.113 e. The third-order valence-electron chi connectivity index (χ3n) is 2.98. The highest BCUT2D eigenvalue weighted by Gasteiger charge is 2.22. The van der Waals surface area contributed by atoms with Crippen molar-refractivity contribution in [1.29, 1.82) is 0 Å². The lowest BCUT2D eigenvalue weighted by Gasteiger charge is -2.27. The van der Waals surface area contributed by atoms with Gasteiger partial charge in [0.15, 0.2) is 0 Å². The summed E-state index contributed by atoms with van der Waals surface area (Å²) in [6.45, 7) is 5.35. The standard InChI is InChI=1S/C11H23N3/c1-3-7-13-11(14-12)10-6-4-5-9(2)8-10/h9-10H,3-8,12H2,1-2H3,(H,13,14). The maximum Gasteiger partial charge on any atom is 0.113 e. The first-order chi connectivity index (χ1) is 6.77. The van der Waals surface area contributed by atoms with Crippen molar-refractivity contribution in [3.8, 4) is 0 Å². The SMILES string of the molecule is CCCN=C(NN)C1CCCC(C)C1. The molecular weight excluding hydrogens is 174 g/mol. The molecule has 14 heavy (non-hydrogen) atoms. The van der Waals surface area contributed by atoms with Crippen LogP contribution in [0.3, 0.4) is 0 Å². The maximum absolute atomic E-state index is 5.51. The molecule has 0 spiro atoms. The van der Waals surface area contributed by atoms with Crippen LogP contribution in [0.5, 0.6) is 0 Å². The van der Waals surface area contributed by atoms with Crippen LogP contribution in [0, 0.1) is 11.8 Å². The van der Waals surface area contributed by atoms with Crippen molar-refractivity contribution in [1.82, 2.24) is 5.43 Å². The van der Waals surface area contributed by atoms with Gasteiger partial charge in [0.25, 0.3) is 0 Å². The molecule has 2 unspecified atom stereocenters. The van der Waals surface area contributed by atoms with Crippen LogP contribution in [0.15, 0.2) is 4.99 Å². The second-order valence-corrected chi connectivity index (χ2v) is 4.38. The van der Waals surface area contributed by atoms with Crippen LogP contribution in [-0.4, -0.2) is 12.4 Å². The first kappa shape index (κ1) is 11.5. The number of nitrogens with two attached hydrogens (primary N) is 1. The van der Waals surface area contributed by atoms with E-state index >= 15 is 0 Å². The van der Waals surface area contributed by atoms with Gasteiger partial charge in [-0.3, -0.25) is 4.99 Å². The Labute approximate surface area is 87.1 Å². The fraction of sp³-hybridized carbons (Fsp3) is 0.909. The van der Waals surface area contributed by atoms with E-state index < -0.39 is 0 Å². The van der Waals surface area contributed by atoms with Crippen LogP contribution in [0.1, 0.15) is 46.0 Å². The van der Waals surface area contributed by atoms with Crippen LogP contribution in [0.25, 0.3) is 0 Å². The van der Waals surface area contributed by atoms with Crippen LogP contribution in [-0.2, 0) is 0 Å². The molecule has 3 nitrogen and oxygen atoms in total. The van der Waals surface area contributed by atoms with Gasteiger partial charge in [-0.15, -0.1) is 0 Å². The van der Waals surface area contributed by atoms with E-state index in [1.54, 1.807) is 0 Å². The summed E-state index contributed by atoms with van der Waals surface area (Å²) in [7, 11) is 0. The number of hydrogen-bond acceptors (Lipinski definition) is 2. The van der Waals surface area contributed by atoms with E-state index in [0.29, 0.717) is 5.92 Å². The molecule has 0 aromatic rings. The minimum Gasteiger partial charge on any atom is -0.312 e. The highest BCUT2D eigenvalue weighted by Crippen LogP contribution is 2.28. The normalized spacial score (nSPS) is 28.9. The topological polar surface area (TPSA) is 50.4 Å². The molecule has 0 aromatic heterocycles. The number of nitrogens with one attached hydrogen (secondary N) is 1. The Hall–Kier alpha value is -0.570. The van der Waals surface area contributed by atoms with Gasteiger partial charge in [-0.05, 0) is 25.2 Å². The first-order valence-corrected chi connectivity index (χ1v) is 5.78. The number of amidine groups is 1. The van der Waals surface area contributed by atoms with E-state index in [4.69, 9.17) is 5.84 Å². The Morgan fingerprint density at radius 2 is 2.29 bits per heavy atom. The van der Waals surface area contributed by atoms with Crippen molar-refractivity contribution in [2.45, 2.75) is 46.0 Å². The molecule has 1 fully saturated rings. The second kappa shape index (κ2) is 6.02. The Kier molecular flexibility index (Phi) is 4.94. The van der Waals surface area contributed by atoms with Crippen LogP contribution >= 0.6 is 0 Å². The molecule has 0 aliphatic heterocycles. The Morgan fingerprint density at radius 1 is 1.50 bits per heavy atom. The van der Waals surface area contributed by atoms with Gasteiger partial charge in [-0.1, -0.05) is 26.7 Å². The van der Waals surface area contributed by atoms with Crippen molar-refractivity contribution >= 4 is 5.84 Å². The third kappa shape index (κ3) is 3.29. The summed E-state index contributed by atoms with van der Waals surface area (Å²) in [4.78, 5) is 4.50. The summed E-state index contributed by atoms with van der Waals surface area (Å²) >= 11 is 0. The minimum absolute atomic E-state index is 0.579. The molecule has 3 N–H and O–H groups in total. The lowest BCUT2D eigenvalue weighted by molar-refractivity contribution is 0.335. The zero-order chi connectivity index (χ0) is 10.4. The molecule has 0 aromatic carbocycles. The molecule has 1 saturated carbocycles. The third-order valence-corrected chi connectivity index (χ3v) is 2.98. The van der Waals surface area contributed by atoms with Gasteiger partial charge in [-0.25, -0.2) is 5.84 Å². The van der Waals surface area contributed by atoms with Crippen molar-refractivity contribution in [2.24, 2.45) is 22.7 Å². The van der Waals surface area contributed by atoms with Crippen molar-refractivity contribution < 1.29 is 0 Å². The average Bonchev–Trinajstić information content (AvgIpc) is 2.19. The summed E-state index contributed by atoms with van der Waals surface area (Å²) in [5.41, 5.74) is 2.78. The van der Waals surface area contributed by atoms with E-state index in [1.807, 2.05) is 0 Å². The van der Waals surface area contributed by atoms with E-state index in [2.05, 4.69) is 24.3 Å². The van der Waals surface area contributed by atoms with Gasteiger partial charge in [0.1, 0.15) is 5.84 Å². The van der Waals surface area contributed by atoms with E-state index in [1.165, 1.54) is 25.7 Å². The predicted molar refractivity (Wildman–Crippen MR) is 61.0 cm³/mol. The molecule has 0 amide bonds. The highest BCUT2D eigenvalue weighted by atomic mass is 15.3. The van der Waals surface area contributed by atoms with Crippen molar-refractivity contribution in [3.05, 3.63) is 0 Å². The lowest BCUT2D eigenvalue weighted by atomic mass is 9.82. The fourth-order valence-corrected chi connectivity index (χ4v) is 2.21. The van der Waals surface area contributed by atoms with Crippen LogP contribution < -0.4 is 11.3 Å². The molecule has 3 heteroatoms. The highest BCUT2D eigenvalue weighted by molar-refractivity contribution is 5.84. The summed E-state index contributed by atoms with van der Waals surface area (Å²) in [6.07, 6.45) is 6.26. The molecule has 0 radical (unpaired) electrons. The molecular formula is C11H23N3. The number of hydrazine groups is 1. The molecule has 1 aliphatic carbocycles. The fourth-order valence-electron chi connectivity index (χ4n) is 2.21. The van der Waals surface area contributed by atoms with Gasteiger partial charge in [0, 0.05) is 12.5 Å². The lowest BCUT2D eigenvalue weighted by Crippen LogP contribution is -2.38. The summed E-state index contributed by atoms with van der Waals surface area (Å²) in [6, 6.07) is 0. The molecule has 2 atom stereocenters. The summed E-state index contributed by atoms with van der Waals surface area (Å²) in [5.74, 6) is 7.94. The average molecular weight is 197 g/mol. The number of nitrogens with zero attached hydrogens (tertiary/aromatic N) is 1. The minimum atomic E-state index is 0.579. The van der Waals surface area contributed by atoms with E-state index in [9.17, 15) is 0 Å². The van der Waals surface area contributed by atoms with Crippen LogP contribution in [0.4, 0.5) is 0 Å². The maximum atomic E-state index is 5.51. The largest absolute Gasteiger partial charge is 0.312 e. The van der Waals surface area contributed by atoms with Gasteiger partial charge in [0.2, 0.25) is 0 Å². The molecule has 82 valence electrons. The van der Waals surface area contributed by atoms with Gasteiger partial charge in [0.05, 0.1) is 0 Å². The molecule has 0 heterocycles. The second-order valence-electron chi connectivity index (χ2n) is 4.38. The Bertz CT molecular complexity index is 189. The molecule has 1 aliphatic rings. The monoisotopic (exact) mass is 197 g/mol. The van der Waals surface area contributed by atoms with Crippen LogP contribution in [0.2, 0.25) is 0 Å². The van der Waals surface area contributed by atoms with Crippen molar-refractivity contribution in [2.75, 3.05) is 6.54 Å². The van der Waals surface area contributed by atoms with Gasteiger partial charge in [-0.2, -0.15) is 0 Å². The zero-order valence-electron chi connectivity index (χ0n) is 9.42. The molecule has 0 bridgehead atoms. The van der Waals surface area contributed by atoms with Crippen molar-refractivity contribution in [3.63, 3.8) is 0 Å². The summed E-state index contributed by atoms with van der Waals surface area (Å²) in [5, 5.41) is 0. The summed E-state index contributed by atoms with van der Waals surface area (Å²) < 4.78 is 0. The molecule has 1 rings (SSSR count). The predicted octanol–water partition coefficient (Wildman–Crippen LogP) is 2.08. The Morgan fingerprint density at radius 3 is 2.86 bits per heavy atom. The number of aliphatic imine (C=N–C) groups is 1. The first-order valence-electron chi connectivity index (χ1n) is 5.78. The number of hydrogen-bond donors (Lipinski definition) is 2. The quantitative estimate of drug-likeness (QED) is 0.315. The Balaban J connectivity index is 2.50. The van der Waals surface area contributed by atoms with E-state index in [0.717, 1.165) is 24.7 Å².